The number of hydrogen-bond acceptors (Lipinski definition) is 3. The van der Waals surface area contributed by atoms with Crippen LogP contribution in [0.15, 0.2) is 109 Å². The van der Waals surface area contributed by atoms with E-state index in [1.54, 1.807) is 24.3 Å². The summed E-state index contributed by atoms with van der Waals surface area (Å²) in [6.07, 6.45) is 1.78. The molecule has 2 saturated heterocycles. The zero-order chi connectivity index (χ0) is 28.2. The smallest absolute Gasteiger partial charge is 0.240 e. The predicted octanol–water partition coefficient (Wildman–Crippen LogP) is 6.60. The third-order valence-electron chi connectivity index (χ3n) is 8.55. The number of halogens is 2. The summed E-state index contributed by atoms with van der Waals surface area (Å²) in [6.45, 7) is 3.32. The Morgan fingerprint density at radius 2 is 1.22 bits per heavy atom. The Morgan fingerprint density at radius 1 is 0.683 bits per heavy atom. The van der Waals surface area contributed by atoms with Gasteiger partial charge in [-0.05, 0) is 59.4 Å². The molecule has 4 aromatic rings. The van der Waals surface area contributed by atoms with Gasteiger partial charge in [-0.1, -0.05) is 84.9 Å². The SMILES string of the molecule is O=C([C@H]1CC[C@@H](c2ccccc2)N1Cc1ccccc1)N1CCN(C(c2ccc(F)cc2)c2ccc(F)cc2)CC1. The summed E-state index contributed by atoms with van der Waals surface area (Å²) < 4.78 is 27.5. The Balaban J connectivity index is 1.19. The van der Waals surface area contributed by atoms with Crippen LogP contribution < -0.4 is 0 Å². The summed E-state index contributed by atoms with van der Waals surface area (Å²) in [4.78, 5) is 20.8. The Kier molecular flexibility index (Phi) is 8.21. The molecule has 0 spiro atoms. The standard InChI is InChI=1S/C35H35F2N3O/c36-30-15-11-28(12-16-30)34(29-13-17-31(37)18-14-29)38-21-23-39(24-22-38)35(41)33-20-19-32(27-9-5-2-6-10-27)40(33)25-26-7-3-1-4-8-26/h1-18,32-34H,19-25H2/t32-,33+/m0/s1. The van der Waals surface area contributed by atoms with Crippen LogP contribution in [-0.4, -0.2) is 52.8 Å². The second kappa shape index (κ2) is 12.3. The quantitative estimate of drug-likeness (QED) is 0.259. The zero-order valence-electron chi connectivity index (χ0n) is 23.1. The van der Waals surface area contributed by atoms with Gasteiger partial charge in [0.2, 0.25) is 5.91 Å². The fourth-order valence-electron chi connectivity index (χ4n) is 6.49. The first-order chi connectivity index (χ1) is 20.1. The first-order valence-electron chi connectivity index (χ1n) is 14.5. The van der Waals surface area contributed by atoms with E-state index in [-0.39, 0.29) is 35.7 Å². The highest BCUT2D eigenvalue weighted by atomic mass is 19.1. The van der Waals surface area contributed by atoms with Crippen molar-refractivity contribution in [1.29, 1.82) is 0 Å². The van der Waals surface area contributed by atoms with Gasteiger partial charge in [-0.25, -0.2) is 8.78 Å². The first-order valence-corrected chi connectivity index (χ1v) is 14.5. The van der Waals surface area contributed by atoms with Crippen LogP contribution in [0.2, 0.25) is 0 Å². The molecule has 0 N–H and O–H groups in total. The van der Waals surface area contributed by atoms with Gasteiger partial charge in [0.15, 0.2) is 0 Å². The van der Waals surface area contributed by atoms with Gasteiger partial charge in [0.1, 0.15) is 11.6 Å². The summed E-state index contributed by atoms with van der Waals surface area (Å²) in [5.74, 6) is -0.376. The second-order valence-electron chi connectivity index (χ2n) is 11.0. The first kappa shape index (κ1) is 27.3. The average Bonchev–Trinajstić information content (AvgIpc) is 3.43. The predicted molar refractivity (Wildman–Crippen MR) is 157 cm³/mol. The Labute approximate surface area is 240 Å². The highest BCUT2D eigenvalue weighted by Gasteiger charge is 2.41. The third kappa shape index (κ3) is 6.09. The van der Waals surface area contributed by atoms with Crippen LogP contribution in [0.3, 0.4) is 0 Å². The maximum Gasteiger partial charge on any atom is 0.240 e. The van der Waals surface area contributed by atoms with Gasteiger partial charge in [0.05, 0.1) is 12.1 Å². The van der Waals surface area contributed by atoms with E-state index in [9.17, 15) is 13.6 Å². The van der Waals surface area contributed by atoms with Crippen molar-refractivity contribution in [3.8, 4) is 0 Å². The van der Waals surface area contributed by atoms with Gasteiger partial charge in [-0.15, -0.1) is 0 Å². The van der Waals surface area contributed by atoms with E-state index in [0.717, 1.165) is 30.5 Å². The topological polar surface area (TPSA) is 26.8 Å². The van der Waals surface area contributed by atoms with E-state index in [1.165, 1.54) is 35.4 Å². The van der Waals surface area contributed by atoms with Gasteiger partial charge in [-0.2, -0.15) is 0 Å². The molecule has 0 bridgehead atoms. The molecule has 6 rings (SSSR count). The minimum absolute atomic E-state index is 0.142. The van der Waals surface area contributed by atoms with Crippen LogP contribution in [0.1, 0.15) is 47.2 Å². The molecule has 0 radical (unpaired) electrons. The van der Waals surface area contributed by atoms with E-state index in [2.05, 4.69) is 58.3 Å². The molecular formula is C35H35F2N3O. The summed E-state index contributed by atoms with van der Waals surface area (Å²) in [5.41, 5.74) is 4.37. The zero-order valence-corrected chi connectivity index (χ0v) is 23.1. The van der Waals surface area contributed by atoms with Crippen molar-refractivity contribution in [3.05, 3.63) is 143 Å². The van der Waals surface area contributed by atoms with Crippen molar-refractivity contribution >= 4 is 5.91 Å². The average molecular weight is 552 g/mol. The maximum atomic E-state index is 14.1. The molecule has 0 aromatic heterocycles. The summed E-state index contributed by atoms with van der Waals surface area (Å²) in [5, 5.41) is 0. The van der Waals surface area contributed by atoms with Gasteiger partial charge < -0.3 is 4.90 Å². The van der Waals surface area contributed by atoms with E-state index in [1.807, 2.05) is 17.0 Å². The van der Waals surface area contributed by atoms with Crippen molar-refractivity contribution in [2.45, 2.75) is 37.5 Å². The number of rotatable bonds is 7. The van der Waals surface area contributed by atoms with Crippen molar-refractivity contribution in [2.24, 2.45) is 0 Å². The van der Waals surface area contributed by atoms with Crippen LogP contribution in [0.25, 0.3) is 0 Å². The number of likely N-dealkylation sites (tertiary alicyclic amines) is 1. The van der Waals surface area contributed by atoms with Crippen molar-refractivity contribution in [2.75, 3.05) is 26.2 Å². The number of piperazine rings is 1. The molecule has 2 heterocycles. The molecule has 4 nitrogen and oxygen atoms in total. The van der Waals surface area contributed by atoms with Crippen molar-refractivity contribution in [3.63, 3.8) is 0 Å². The number of nitrogens with zero attached hydrogens (tertiary/aromatic N) is 3. The molecule has 2 aliphatic rings. The molecular weight excluding hydrogens is 516 g/mol. The van der Waals surface area contributed by atoms with Crippen LogP contribution in [0.5, 0.6) is 0 Å². The van der Waals surface area contributed by atoms with Crippen molar-refractivity contribution in [1.82, 2.24) is 14.7 Å². The Bertz CT molecular complexity index is 1380. The highest BCUT2D eigenvalue weighted by Crippen LogP contribution is 2.38. The van der Waals surface area contributed by atoms with Crippen LogP contribution >= 0.6 is 0 Å². The minimum Gasteiger partial charge on any atom is -0.339 e. The van der Waals surface area contributed by atoms with Crippen LogP contribution in [0, 0.1) is 11.6 Å². The van der Waals surface area contributed by atoms with E-state index < -0.39 is 0 Å². The summed E-state index contributed by atoms with van der Waals surface area (Å²) >= 11 is 0. The second-order valence-corrected chi connectivity index (χ2v) is 11.0. The highest BCUT2D eigenvalue weighted by molar-refractivity contribution is 5.82. The number of amides is 1. The Hall–Kier alpha value is -3.87. The molecule has 2 atom stereocenters. The van der Waals surface area contributed by atoms with Gasteiger partial charge >= 0.3 is 0 Å². The van der Waals surface area contributed by atoms with Crippen LogP contribution in [0.4, 0.5) is 8.78 Å². The molecule has 210 valence electrons. The third-order valence-corrected chi connectivity index (χ3v) is 8.55. The van der Waals surface area contributed by atoms with E-state index in [0.29, 0.717) is 26.2 Å². The fraction of sp³-hybridized carbons (Fsp3) is 0.286. The molecule has 2 fully saturated rings. The molecule has 1 amide bonds. The lowest BCUT2D eigenvalue weighted by molar-refractivity contribution is -0.138. The summed E-state index contributed by atoms with van der Waals surface area (Å²) in [7, 11) is 0. The maximum absolute atomic E-state index is 14.1. The molecule has 2 aliphatic heterocycles. The molecule has 41 heavy (non-hydrogen) atoms. The lowest BCUT2D eigenvalue weighted by atomic mass is 9.96. The molecule has 6 heteroatoms. The molecule has 4 aromatic carbocycles. The van der Waals surface area contributed by atoms with Gasteiger partial charge in [-0.3, -0.25) is 14.6 Å². The monoisotopic (exact) mass is 551 g/mol. The number of carbonyl (C=O) groups excluding carboxylic acids is 1. The van der Waals surface area contributed by atoms with Crippen LogP contribution in [-0.2, 0) is 11.3 Å². The molecule has 0 saturated carbocycles. The number of carbonyl (C=O) groups is 1. The van der Waals surface area contributed by atoms with E-state index >= 15 is 0 Å². The number of benzene rings is 4. The largest absolute Gasteiger partial charge is 0.339 e. The lowest BCUT2D eigenvalue weighted by Crippen LogP contribution is -2.54. The number of hydrogen-bond donors (Lipinski definition) is 0. The van der Waals surface area contributed by atoms with Crippen molar-refractivity contribution < 1.29 is 13.6 Å². The molecule has 0 unspecified atom stereocenters. The normalized spacial score (nSPS) is 20.0. The lowest BCUT2D eigenvalue weighted by Gasteiger charge is -2.41. The van der Waals surface area contributed by atoms with Gasteiger partial charge in [0, 0.05) is 38.8 Å². The fourth-order valence-corrected chi connectivity index (χ4v) is 6.49. The van der Waals surface area contributed by atoms with E-state index in [4.69, 9.17) is 0 Å². The van der Waals surface area contributed by atoms with Gasteiger partial charge in [0.25, 0.3) is 0 Å². The Morgan fingerprint density at radius 3 is 1.78 bits per heavy atom. The summed E-state index contributed by atoms with van der Waals surface area (Å²) in [6, 6.07) is 33.9. The molecule has 0 aliphatic carbocycles. The minimum atomic E-state index is -0.285.